The second kappa shape index (κ2) is 6.55. The van der Waals surface area contributed by atoms with Crippen molar-refractivity contribution in [3.63, 3.8) is 0 Å². The first-order valence-electron chi connectivity index (χ1n) is 8.11. The monoisotopic (exact) mass is 401 g/mol. The van der Waals surface area contributed by atoms with Crippen LogP contribution in [-0.2, 0) is 25.0 Å². The molecule has 0 saturated carbocycles. The van der Waals surface area contributed by atoms with Gasteiger partial charge < -0.3 is 10.6 Å². The lowest BCUT2D eigenvalue weighted by Crippen LogP contribution is -2.46. The number of nitrogens with one attached hydrogen (secondary N) is 2. The summed E-state index contributed by atoms with van der Waals surface area (Å²) in [4.78, 5) is 37.5. The molecule has 0 spiro atoms. The molecule has 2 atom stereocenters. The van der Waals surface area contributed by atoms with Crippen molar-refractivity contribution in [2.45, 2.75) is 24.9 Å². The van der Waals surface area contributed by atoms with Gasteiger partial charge in [-0.2, -0.15) is 0 Å². The van der Waals surface area contributed by atoms with E-state index in [2.05, 4.69) is 10.6 Å². The van der Waals surface area contributed by atoms with E-state index < -0.39 is 57.4 Å². The smallest absolute Gasteiger partial charge is 0.325 e. The number of amides is 4. The molecule has 1 aromatic carbocycles. The van der Waals surface area contributed by atoms with Crippen molar-refractivity contribution in [2.75, 3.05) is 18.1 Å². The fourth-order valence-corrected chi connectivity index (χ4v) is 4.90. The molecule has 1 aromatic rings. The van der Waals surface area contributed by atoms with E-state index in [0.717, 1.165) is 18.2 Å². The summed E-state index contributed by atoms with van der Waals surface area (Å²) >= 11 is 0. The number of imide groups is 1. The number of benzene rings is 1. The predicted octanol–water partition coefficient (Wildman–Crippen LogP) is 0.0351. The van der Waals surface area contributed by atoms with Gasteiger partial charge in [-0.15, -0.1) is 0 Å². The summed E-state index contributed by atoms with van der Waals surface area (Å²) in [6, 6.07) is 1.01. The summed E-state index contributed by atoms with van der Waals surface area (Å²) < 4.78 is 50.4. The minimum absolute atomic E-state index is 0.0437. The lowest BCUT2D eigenvalue weighted by molar-refractivity contribution is -0.135. The molecule has 0 unspecified atom stereocenters. The Bertz CT molecular complexity index is 936. The number of sulfone groups is 1. The Kier molecular flexibility index (Phi) is 4.66. The van der Waals surface area contributed by atoms with Gasteiger partial charge in [-0.25, -0.2) is 22.0 Å². The van der Waals surface area contributed by atoms with Crippen molar-refractivity contribution in [1.82, 2.24) is 15.5 Å². The SMILES string of the molecule is C[C@]1(c2cc(F)ccc2F)NC(=O)N(CC(=O)N[C@H]2CCS(=O)(=O)C2)C1=O. The van der Waals surface area contributed by atoms with Crippen LogP contribution in [0, 0.1) is 11.6 Å². The van der Waals surface area contributed by atoms with E-state index in [9.17, 15) is 31.6 Å². The fourth-order valence-electron chi connectivity index (χ4n) is 3.23. The molecule has 8 nitrogen and oxygen atoms in total. The number of hydrogen-bond donors (Lipinski definition) is 2. The third-order valence-corrected chi connectivity index (χ3v) is 6.41. The summed E-state index contributed by atoms with van der Waals surface area (Å²) in [5.41, 5.74) is -2.22. The molecular weight excluding hydrogens is 384 g/mol. The molecule has 4 amide bonds. The van der Waals surface area contributed by atoms with Gasteiger partial charge in [-0.05, 0) is 31.5 Å². The van der Waals surface area contributed by atoms with Gasteiger partial charge in [0.05, 0.1) is 11.5 Å². The van der Waals surface area contributed by atoms with Crippen LogP contribution in [0.15, 0.2) is 18.2 Å². The topological polar surface area (TPSA) is 113 Å². The molecule has 0 aromatic heterocycles. The van der Waals surface area contributed by atoms with E-state index >= 15 is 0 Å². The molecule has 146 valence electrons. The van der Waals surface area contributed by atoms with Crippen molar-refractivity contribution < 1.29 is 31.6 Å². The molecule has 2 heterocycles. The molecule has 3 rings (SSSR count). The number of hydrogen-bond acceptors (Lipinski definition) is 5. The molecule has 27 heavy (non-hydrogen) atoms. The summed E-state index contributed by atoms with van der Waals surface area (Å²) in [5.74, 6) is -3.54. The third-order valence-electron chi connectivity index (χ3n) is 4.64. The van der Waals surface area contributed by atoms with Crippen LogP contribution in [0.1, 0.15) is 18.9 Å². The Morgan fingerprint density at radius 3 is 2.70 bits per heavy atom. The van der Waals surface area contributed by atoms with Crippen LogP contribution in [0.3, 0.4) is 0 Å². The van der Waals surface area contributed by atoms with Gasteiger partial charge >= 0.3 is 6.03 Å². The summed E-state index contributed by atoms with van der Waals surface area (Å²) in [6.45, 7) is 0.556. The molecule has 0 radical (unpaired) electrons. The Hall–Kier alpha value is -2.56. The molecule has 0 aliphatic carbocycles. The van der Waals surface area contributed by atoms with Gasteiger partial charge in [0.1, 0.15) is 23.7 Å². The van der Waals surface area contributed by atoms with Crippen LogP contribution in [0.5, 0.6) is 0 Å². The minimum Gasteiger partial charge on any atom is -0.351 e. The number of carbonyl (C=O) groups excluding carboxylic acids is 3. The van der Waals surface area contributed by atoms with Crippen LogP contribution >= 0.6 is 0 Å². The highest BCUT2D eigenvalue weighted by Crippen LogP contribution is 2.31. The number of rotatable bonds is 4. The molecule has 2 aliphatic rings. The van der Waals surface area contributed by atoms with E-state index in [-0.39, 0.29) is 23.5 Å². The van der Waals surface area contributed by atoms with Crippen LogP contribution in [-0.4, -0.2) is 55.3 Å². The minimum atomic E-state index is -3.21. The van der Waals surface area contributed by atoms with E-state index in [1.54, 1.807) is 0 Å². The molecular formula is C16H17F2N3O5S. The number of halogens is 2. The Balaban J connectivity index is 1.74. The molecule has 0 bridgehead atoms. The average Bonchev–Trinajstić information content (AvgIpc) is 3.01. The zero-order valence-corrected chi connectivity index (χ0v) is 15.1. The van der Waals surface area contributed by atoms with E-state index in [0.29, 0.717) is 4.90 Å². The van der Waals surface area contributed by atoms with Gasteiger partial charge in [0.25, 0.3) is 5.91 Å². The highest BCUT2D eigenvalue weighted by Gasteiger charge is 2.51. The Morgan fingerprint density at radius 1 is 1.37 bits per heavy atom. The highest BCUT2D eigenvalue weighted by molar-refractivity contribution is 7.91. The maximum absolute atomic E-state index is 14.1. The summed E-state index contributed by atoms with van der Waals surface area (Å²) in [7, 11) is -3.21. The van der Waals surface area contributed by atoms with E-state index in [1.807, 2.05) is 0 Å². The second-order valence-electron chi connectivity index (χ2n) is 6.74. The zero-order valence-electron chi connectivity index (χ0n) is 14.3. The average molecular weight is 401 g/mol. The second-order valence-corrected chi connectivity index (χ2v) is 8.97. The Morgan fingerprint density at radius 2 is 2.07 bits per heavy atom. The quantitative estimate of drug-likeness (QED) is 0.692. The summed E-state index contributed by atoms with van der Waals surface area (Å²) in [6.07, 6.45) is 0.250. The predicted molar refractivity (Wildman–Crippen MR) is 89.2 cm³/mol. The first-order valence-corrected chi connectivity index (χ1v) is 9.93. The van der Waals surface area contributed by atoms with Gasteiger partial charge in [0.2, 0.25) is 5.91 Å². The third kappa shape index (κ3) is 3.64. The Labute approximate surface area is 153 Å². The summed E-state index contributed by atoms with van der Waals surface area (Å²) in [5, 5.41) is 4.75. The van der Waals surface area contributed by atoms with E-state index in [1.165, 1.54) is 6.92 Å². The number of urea groups is 1. The lowest BCUT2D eigenvalue weighted by Gasteiger charge is -2.23. The molecule has 2 aliphatic heterocycles. The van der Waals surface area contributed by atoms with Crippen LogP contribution in [0.4, 0.5) is 13.6 Å². The molecule has 11 heteroatoms. The van der Waals surface area contributed by atoms with Crippen molar-refractivity contribution in [3.8, 4) is 0 Å². The van der Waals surface area contributed by atoms with Crippen molar-refractivity contribution in [2.24, 2.45) is 0 Å². The van der Waals surface area contributed by atoms with Gasteiger partial charge in [0.15, 0.2) is 9.84 Å². The normalized spacial score (nSPS) is 26.9. The molecule has 2 fully saturated rings. The largest absolute Gasteiger partial charge is 0.351 e. The maximum Gasteiger partial charge on any atom is 0.325 e. The maximum atomic E-state index is 14.1. The van der Waals surface area contributed by atoms with Gasteiger partial charge in [0, 0.05) is 11.6 Å². The fraction of sp³-hybridized carbons (Fsp3) is 0.438. The number of nitrogens with zero attached hydrogens (tertiary/aromatic N) is 1. The van der Waals surface area contributed by atoms with E-state index in [4.69, 9.17) is 0 Å². The van der Waals surface area contributed by atoms with Crippen molar-refractivity contribution in [3.05, 3.63) is 35.4 Å². The van der Waals surface area contributed by atoms with Crippen LogP contribution < -0.4 is 10.6 Å². The standard InChI is InChI=1S/C16H17F2N3O5S/c1-16(11-6-9(17)2-3-12(11)18)14(23)21(15(24)20-16)7-13(22)19-10-4-5-27(25,26)8-10/h2-3,6,10H,4-5,7-8H2,1H3,(H,19,22)(H,20,24)/t10-,16+/m0/s1. The van der Waals surface area contributed by atoms with Crippen molar-refractivity contribution >= 4 is 27.7 Å². The first kappa shape index (κ1) is 19.2. The van der Waals surface area contributed by atoms with Gasteiger partial charge in [-0.1, -0.05) is 0 Å². The van der Waals surface area contributed by atoms with Crippen LogP contribution in [0.25, 0.3) is 0 Å². The molecule has 2 N–H and O–H groups in total. The molecule has 2 saturated heterocycles. The zero-order chi connectivity index (χ0) is 20.0. The lowest BCUT2D eigenvalue weighted by atomic mass is 9.91. The first-order chi connectivity index (χ1) is 12.5. The van der Waals surface area contributed by atoms with Crippen molar-refractivity contribution in [1.29, 1.82) is 0 Å². The number of carbonyl (C=O) groups is 3. The highest BCUT2D eigenvalue weighted by atomic mass is 32.2. The van der Waals surface area contributed by atoms with Crippen LogP contribution in [0.2, 0.25) is 0 Å². The van der Waals surface area contributed by atoms with Gasteiger partial charge in [-0.3, -0.25) is 14.5 Å².